The van der Waals surface area contributed by atoms with Gasteiger partial charge < -0.3 is 4.90 Å². The third kappa shape index (κ3) is 3.61. The molecule has 112 valence electrons. The molecule has 0 bridgehead atoms. The third-order valence-electron chi connectivity index (χ3n) is 4.23. The fourth-order valence-corrected chi connectivity index (χ4v) is 5.07. The zero-order valence-electron chi connectivity index (χ0n) is 11.6. The summed E-state index contributed by atoms with van der Waals surface area (Å²) in [7, 11) is -3.01. The first kappa shape index (κ1) is 14.5. The Balaban J connectivity index is 1.38. The van der Waals surface area contributed by atoms with E-state index in [-0.39, 0.29) is 5.25 Å². The van der Waals surface area contributed by atoms with Gasteiger partial charge in [-0.15, -0.1) is 11.3 Å². The smallest absolute Gasteiger partial charge is 0.214 e. The van der Waals surface area contributed by atoms with Crippen LogP contribution in [0, 0.1) is 0 Å². The van der Waals surface area contributed by atoms with Crippen molar-refractivity contribution in [3.8, 4) is 0 Å². The van der Waals surface area contributed by atoms with Gasteiger partial charge in [-0.2, -0.15) is 0 Å². The summed E-state index contributed by atoms with van der Waals surface area (Å²) in [5.74, 6) is 0.703. The SMILES string of the molecule is O=S(=O)(NCCN1CCC(c2cccs2)CC1)C1CC1. The van der Waals surface area contributed by atoms with Crippen LogP contribution in [0.3, 0.4) is 0 Å². The topological polar surface area (TPSA) is 49.4 Å². The highest BCUT2D eigenvalue weighted by molar-refractivity contribution is 7.90. The Morgan fingerprint density at radius 2 is 2.00 bits per heavy atom. The minimum atomic E-state index is -3.01. The first-order chi connectivity index (χ1) is 9.65. The molecular formula is C14H22N2O2S2. The number of nitrogens with zero attached hydrogens (tertiary/aromatic N) is 1. The summed E-state index contributed by atoms with van der Waals surface area (Å²) in [4.78, 5) is 3.87. The lowest BCUT2D eigenvalue weighted by molar-refractivity contribution is 0.217. The number of likely N-dealkylation sites (tertiary alicyclic amines) is 1. The van der Waals surface area contributed by atoms with E-state index in [4.69, 9.17) is 0 Å². The van der Waals surface area contributed by atoms with Crippen molar-refractivity contribution in [2.24, 2.45) is 0 Å². The maximum atomic E-state index is 11.7. The molecule has 1 aromatic heterocycles. The van der Waals surface area contributed by atoms with Gasteiger partial charge in [0.1, 0.15) is 0 Å². The van der Waals surface area contributed by atoms with Crippen LogP contribution in [0.2, 0.25) is 0 Å². The van der Waals surface area contributed by atoms with Gasteiger partial charge in [0.15, 0.2) is 0 Å². The minimum Gasteiger partial charge on any atom is -0.302 e. The Labute approximate surface area is 125 Å². The zero-order chi connectivity index (χ0) is 14.0. The van der Waals surface area contributed by atoms with Crippen molar-refractivity contribution in [1.29, 1.82) is 0 Å². The van der Waals surface area contributed by atoms with E-state index in [9.17, 15) is 8.42 Å². The summed E-state index contributed by atoms with van der Waals surface area (Å²) in [6.45, 7) is 3.55. The molecule has 2 aliphatic rings. The number of piperidine rings is 1. The molecule has 20 heavy (non-hydrogen) atoms. The van der Waals surface area contributed by atoms with Crippen molar-refractivity contribution >= 4 is 21.4 Å². The van der Waals surface area contributed by atoms with Crippen LogP contribution in [0.5, 0.6) is 0 Å². The molecule has 2 heterocycles. The normalized spacial score (nSPS) is 22.2. The number of thiophene rings is 1. The Morgan fingerprint density at radius 3 is 2.60 bits per heavy atom. The van der Waals surface area contributed by atoms with Crippen molar-refractivity contribution in [1.82, 2.24) is 9.62 Å². The Bertz CT molecular complexity index is 515. The monoisotopic (exact) mass is 314 g/mol. The Hall–Kier alpha value is -0.430. The lowest BCUT2D eigenvalue weighted by Gasteiger charge is -2.31. The molecule has 1 aromatic rings. The Kier molecular flexibility index (Phi) is 4.45. The highest BCUT2D eigenvalue weighted by Gasteiger charge is 2.35. The van der Waals surface area contributed by atoms with Gasteiger partial charge in [0.2, 0.25) is 10.0 Å². The van der Waals surface area contributed by atoms with Crippen molar-refractivity contribution in [2.75, 3.05) is 26.2 Å². The van der Waals surface area contributed by atoms with Gasteiger partial charge >= 0.3 is 0 Å². The van der Waals surface area contributed by atoms with Crippen molar-refractivity contribution in [2.45, 2.75) is 36.9 Å². The predicted molar refractivity (Wildman–Crippen MR) is 82.7 cm³/mol. The number of sulfonamides is 1. The molecule has 1 N–H and O–H groups in total. The first-order valence-corrected chi connectivity index (χ1v) is 9.82. The first-order valence-electron chi connectivity index (χ1n) is 7.39. The van der Waals surface area contributed by atoms with Crippen LogP contribution in [-0.2, 0) is 10.0 Å². The van der Waals surface area contributed by atoms with Gasteiger partial charge in [-0.05, 0) is 56.1 Å². The van der Waals surface area contributed by atoms with E-state index in [2.05, 4.69) is 27.1 Å². The van der Waals surface area contributed by atoms with Crippen LogP contribution in [0.4, 0.5) is 0 Å². The fourth-order valence-electron chi connectivity index (χ4n) is 2.81. The molecule has 0 unspecified atom stereocenters. The third-order valence-corrected chi connectivity index (χ3v) is 7.22. The Morgan fingerprint density at radius 1 is 1.25 bits per heavy atom. The van der Waals surface area contributed by atoms with Crippen molar-refractivity contribution < 1.29 is 8.42 Å². The van der Waals surface area contributed by atoms with E-state index in [0.29, 0.717) is 12.5 Å². The molecule has 4 nitrogen and oxygen atoms in total. The van der Waals surface area contributed by atoms with Gasteiger partial charge in [-0.3, -0.25) is 0 Å². The van der Waals surface area contributed by atoms with Crippen LogP contribution in [-0.4, -0.2) is 44.7 Å². The van der Waals surface area contributed by atoms with Gasteiger partial charge in [0.25, 0.3) is 0 Å². The van der Waals surface area contributed by atoms with Crippen LogP contribution < -0.4 is 4.72 Å². The average Bonchev–Trinajstić information content (AvgIpc) is 3.17. The quantitative estimate of drug-likeness (QED) is 0.874. The number of rotatable bonds is 6. The lowest BCUT2D eigenvalue weighted by Crippen LogP contribution is -2.39. The second-order valence-electron chi connectivity index (χ2n) is 5.77. The molecule has 2 fully saturated rings. The molecule has 0 radical (unpaired) electrons. The number of hydrogen-bond acceptors (Lipinski definition) is 4. The molecule has 3 rings (SSSR count). The van der Waals surface area contributed by atoms with Gasteiger partial charge in [0, 0.05) is 18.0 Å². The van der Waals surface area contributed by atoms with Crippen LogP contribution >= 0.6 is 11.3 Å². The zero-order valence-corrected chi connectivity index (χ0v) is 13.3. The summed E-state index contributed by atoms with van der Waals surface area (Å²) in [5, 5.41) is 2.04. The van der Waals surface area contributed by atoms with Crippen LogP contribution in [0.25, 0.3) is 0 Å². The number of nitrogens with one attached hydrogen (secondary N) is 1. The van der Waals surface area contributed by atoms with E-state index in [0.717, 1.165) is 32.5 Å². The number of hydrogen-bond donors (Lipinski definition) is 1. The van der Waals surface area contributed by atoms with E-state index in [1.165, 1.54) is 17.7 Å². The molecular weight excluding hydrogens is 292 g/mol. The largest absolute Gasteiger partial charge is 0.302 e. The highest BCUT2D eigenvalue weighted by atomic mass is 32.2. The summed E-state index contributed by atoms with van der Waals surface area (Å²) >= 11 is 1.85. The maximum absolute atomic E-state index is 11.7. The van der Waals surface area contributed by atoms with Crippen LogP contribution in [0.15, 0.2) is 17.5 Å². The summed E-state index contributed by atoms with van der Waals surface area (Å²) < 4.78 is 26.2. The van der Waals surface area contributed by atoms with E-state index in [1.54, 1.807) is 0 Å². The van der Waals surface area contributed by atoms with E-state index in [1.807, 2.05) is 11.3 Å². The molecule has 6 heteroatoms. The molecule has 0 aromatic carbocycles. The van der Waals surface area contributed by atoms with Gasteiger partial charge in [0.05, 0.1) is 5.25 Å². The van der Waals surface area contributed by atoms with E-state index < -0.39 is 10.0 Å². The highest BCUT2D eigenvalue weighted by Crippen LogP contribution is 2.31. The summed E-state index contributed by atoms with van der Waals surface area (Å²) in [6.07, 6.45) is 4.05. The van der Waals surface area contributed by atoms with Gasteiger partial charge in [-0.1, -0.05) is 6.07 Å². The summed E-state index contributed by atoms with van der Waals surface area (Å²) in [5.41, 5.74) is 0. The van der Waals surface area contributed by atoms with E-state index >= 15 is 0 Å². The second kappa shape index (κ2) is 6.13. The molecule has 0 amide bonds. The molecule has 1 saturated carbocycles. The molecule has 1 aliphatic heterocycles. The molecule has 1 aliphatic carbocycles. The molecule has 0 atom stereocenters. The minimum absolute atomic E-state index is 0.105. The van der Waals surface area contributed by atoms with Gasteiger partial charge in [-0.25, -0.2) is 13.1 Å². The predicted octanol–water partition coefficient (Wildman–Crippen LogP) is 2.01. The standard InChI is InChI=1S/C14H22N2O2S2/c17-20(18,13-3-4-13)15-7-10-16-8-5-12(6-9-16)14-2-1-11-19-14/h1-2,11-13,15H,3-10H2. The fraction of sp³-hybridized carbons (Fsp3) is 0.714. The second-order valence-corrected chi connectivity index (χ2v) is 8.79. The van der Waals surface area contributed by atoms with Crippen molar-refractivity contribution in [3.05, 3.63) is 22.4 Å². The average molecular weight is 314 g/mol. The molecule has 0 spiro atoms. The summed E-state index contributed by atoms with van der Waals surface area (Å²) in [6, 6.07) is 4.35. The van der Waals surface area contributed by atoms with Crippen molar-refractivity contribution in [3.63, 3.8) is 0 Å². The lowest BCUT2D eigenvalue weighted by atomic mass is 9.95. The molecule has 1 saturated heterocycles. The van der Waals surface area contributed by atoms with Crippen LogP contribution in [0.1, 0.15) is 36.5 Å². The maximum Gasteiger partial charge on any atom is 0.214 e.